The quantitative estimate of drug-likeness (QED) is 0.504. The maximum Gasteiger partial charge on any atom is 0.216 e. The van der Waals surface area contributed by atoms with Gasteiger partial charge >= 0.3 is 0 Å². The van der Waals surface area contributed by atoms with Gasteiger partial charge in [0, 0.05) is 12.1 Å². The van der Waals surface area contributed by atoms with Crippen LogP contribution in [0.3, 0.4) is 0 Å². The molecular formula is C9H18Cl4NOP. The Balaban J connectivity index is 5.60. The zero-order valence-corrected chi connectivity index (χ0v) is 14.0. The first-order chi connectivity index (χ1) is 6.96. The summed E-state index contributed by atoms with van der Waals surface area (Å²) in [7, 11) is -3.30. The Morgan fingerprint density at radius 1 is 1.06 bits per heavy atom. The molecular weight excluding hydrogens is 311 g/mol. The minimum absolute atomic E-state index is 0.0114. The van der Waals surface area contributed by atoms with E-state index in [0.29, 0.717) is 0 Å². The predicted octanol–water partition coefficient (Wildman–Crippen LogP) is 5.30. The molecule has 7 heteroatoms. The topological polar surface area (TPSA) is 20.3 Å². The van der Waals surface area contributed by atoms with Crippen LogP contribution in [0.2, 0.25) is 0 Å². The first-order valence-electron chi connectivity index (χ1n) is 5.00. The third kappa shape index (κ3) is 3.43. The van der Waals surface area contributed by atoms with Crippen LogP contribution in [0.4, 0.5) is 0 Å². The van der Waals surface area contributed by atoms with E-state index in [1.54, 1.807) is 4.67 Å². The van der Waals surface area contributed by atoms with Crippen LogP contribution in [0.15, 0.2) is 0 Å². The van der Waals surface area contributed by atoms with Gasteiger partial charge in [0.2, 0.25) is 7.29 Å². The van der Waals surface area contributed by atoms with Gasteiger partial charge in [0.1, 0.15) is 0 Å². The van der Waals surface area contributed by atoms with E-state index in [0.717, 1.165) is 0 Å². The van der Waals surface area contributed by atoms with Crippen molar-refractivity contribution in [3.8, 4) is 0 Å². The second-order valence-electron chi connectivity index (χ2n) is 4.31. The van der Waals surface area contributed by atoms with Gasteiger partial charge in [0.05, 0.1) is 0 Å². The van der Waals surface area contributed by atoms with E-state index in [-0.39, 0.29) is 12.1 Å². The zero-order chi connectivity index (χ0) is 13.3. The Labute approximate surface area is 118 Å². The first-order valence-corrected chi connectivity index (χ1v) is 8.36. The van der Waals surface area contributed by atoms with Crippen LogP contribution in [-0.2, 0) is 4.57 Å². The standard InChI is InChI=1S/C9H18Cl4NOP/c1-6(2)14(7(3)4)16(15,8(10)11)9(5,12)13/h6-8H,1-5H3/t16-/m0/s1. The molecule has 0 heterocycles. The van der Waals surface area contributed by atoms with Crippen LogP contribution in [0.5, 0.6) is 0 Å². The average Bonchev–Trinajstić information content (AvgIpc) is 1.99. The largest absolute Gasteiger partial charge is 0.300 e. The highest BCUT2D eigenvalue weighted by molar-refractivity contribution is 7.71. The lowest BCUT2D eigenvalue weighted by atomic mass is 10.3. The van der Waals surface area contributed by atoms with E-state index in [9.17, 15) is 4.57 Å². The summed E-state index contributed by atoms with van der Waals surface area (Å²) in [4.78, 5) is 0. The van der Waals surface area contributed by atoms with E-state index in [1.165, 1.54) is 6.92 Å². The summed E-state index contributed by atoms with van der Waals surface area (Å²) in [6.07, 6.45) is 0. The molecule has 1 atom stereocenters. The van der Waals surface area contributed by atoms with Crippen molar-refractivity contribution < 1.29 is 4.57 Å². The van der Waals surface area contributed by atoms with Crippen LogP contribution < -0.4 is 0 Å². The molecule has 0 aliphatic carbocycles. The molecule has 0 aliphatic heterocycles. The van der Waals surface area contributed by atoms with Gasteiger partial charge in [-0.05, 0) is 34.6 Å². The minimum atomic E-state index is -3.30. The maximum absolute atomic E-state index is 12.9. The molecule has 0 unspecified atom stereocenters. The Hall–Kier alpha value is 1.35. The van der Waals surface area contributed by atoms with Crippen molar-refractivity contribution in [2.24, 2.45) is 0 Å². The lowest BCUT2D eigenvalue weighted by Crippen LogP contribution is -2.40. The van der Waals surface area contributed by atoms with E-state index in [4.69, 9.17) is 46.4 Å². The van der Waals surface area contributed by atoms with Gasteiger partial charge in [0.15, 0.2) is 8.65 Å². The number of hydrogen-bond acceptors (Lipinski definition) is 1. The number of halogens is 4. The van der Waals surface area contributed by atoms with Crippen molar-refractivity contribution in [3.05, 3.63) is 0 Å². The highest BCUT2D eigenvalue weighted by Gasteiger charge is 2.52. The summed E-state index contributed by atoms with van der Waals surface area (Å²) in [6.45, 7) is 9.09. The highest BCUT2D eigenvalue weighted by Crippen LogP contribution is 2.71. The molecule has 2 nitrogen and oxygen atoms in total. The molecule has 0 spiro atoms. The molecule has 0 amide bonds. The molecule has 98 valence electrons. The van der Waals surface area contributed by atoms with Gasteiger partial charge in [-0.1, -0.05) is 46.4 Å². The van der Waals surface area contributed by atoms with Crippen LogP contribution in [0, 0.1) is 0 Å². The fourth-order valence-electron chi connectivity index (χ4n) is 1.76. The van der Waals surface area contributed by atoms with E-state index in [2.05, 4.69) is 0 Å². The lowest BCUT2D eigenvalue weighted by Gasteiger charge is -2.42. The molecule has 0 rings (SSSR count). The van der Waals surface area contributed by atoms with Crippen molar-refractivity contribution in [1.29, 1.82) is 0 Å². The molecule has 0 saturated heterocycles. The molecule has 0 aliphatic rings. The van der Waals surface area contributed by atoms with Crippen LogP contribution in [-0.4, -0.2) is 25.4 Å². The van der Waals surface area contributed by atoms with Crippen molar-refractivity contribution >= 4 is 53.7 Å². The smallest absolute Gasteiger partial charge is 0.216 e. The highest BCUT2D eigenvalue weighted by atomic mass is 35.5. The van der Waals surface area contributed by atoms with Gasteiger partial charge in [-0.2, -0.15) is 0 Å². The molecule has 0 aromatic heterocycles. The summed E-state index contributed by atoms with van der Waals surface area (Å²) in [5, 5.41) is 0. The number of rotatable bonds is 5. The fourth-order valence-corrected chi connectivity index (χ4v) is 7.56. The number of nitrogens with zero attached hydrogens (tertiary/aromatic N) is 1. The molecule has 0 radical (unpaired) electrons. The van der Waals surface area contributed by atoms with Crippen LogP contribution in [0.25, 0.3) is 0 Å². The Morgan fingerprint density at radius 3 is 1.44 bits per heavy atom. The monoisotopic (exact) mass is 327 g/mol. The molecule has 0 saturated carbocycles. The average molecular weight is 329 g/mol. The third-order valence-electron chi connectivity index (χ3n) is 2.23. The van der Waals surface area contributed by atoms with Crippen molar-refractivity contribution in [2.75, 3.05) is 0 Å². The van der Waals surface area contributed by atoms with Gasteiger partial charge in [0.25, 0.3) is 0 Å². The van der Waals surface area contributed by atoms with Crippen LogP contribution >= 0.6 is 53.7 Å². The Morgan fingerprint density at radius 2 is 1.38 bits per heavy atom. The lowest BCUT2D eigenvalue weighted by molar-refractivity contribution is 0.297. The van der Waals surface area contributed by atoms with E-state index >= 15 is 0 Å². The second kappa shape index (κ2) is 5.99. The summed E-state index contributed by atoms with van der Waals surface area (Å²) in [6, 6.07) is -0.0229. The van der Waals surface area contributed by atoms with E-state index < -0.39 is 15.9 Å². The molecule has 0 aromatic carbocycles. The Bertz CT molecular complexity index is 267. The van der Waals surface area contributed by atoms with Gasteiger partial charge in [-0.25, -0.2) is 4.67 Å². The molecule has 0 bridgehead atoms. The maximum atomic E-state index is 12.9. The van der Waals surface area contributed by atoms with Gasteiger partial charge < -0.3 is 4.57 Å². The number of alkyl halides is 4. The van der Waals surface area contributed by atoms with Gasteiger partial charge in [-0.15, -0.1) is 0 Å². The minimum Gasteiger partial charge on any atom is -0.300 e. The predicted molar refractivity (Wildman–Crippen MR) is 75.3 cm³/mol. The SMILES string of the molecule is CC(C)N(C(C)C)[P@](=O)(C(Cl)Cl)C(C)(Cl)Cl. The molecule has 0 fully saturated rings. The normalized spacial score (nSPS) is 17.6. The van der Waals surface area contributed by atoms with Crippen molar-refractivity contribution in [3.63, 3.8) is 0 Å². The van der Waals surface area contributed by atoms with Crippen molar-refractivity contribution in [2.45, 2.75) is 55.4 Å². The van der Waals surface area contributed by atoms with Crippen molar-refractivity contribution in [1.82, 2.24) is 4.67 Å². The third-order valence-corrected chi connectivity index (χ3v) is 8.53. The van der Waals surface area contributed by atoms with Gasteiger partial charge in [-0.3, -0.25) is 0 Å². The summed E-state index contributed by atoms with van der Waals surface area (Å²) in [5.41, 5.74) is 0. The first kappa shape index (κ1) is 17.4. The van der Waals surface area contributed by atoms with E-state index in [1.807, 2.05) is 27.7 Å². The summed E-state index contributed by atoms with van der Waals surface area (Å²) < 4.78 is 12.0. The molecule has 0 N–H and O–H groups in total. The molecule has 0 aromatic rings. The summed E-state index contributed by atoms with van der Waals surface area (Å²) in [5.74, 6) is 0. The zero-order valence-electron chi connectivity index (χ0n) is 10.0. The Kier molecular flexibility index (Phi) is 6.50. The molecule has 16 heavy (non-hydrogen) atoms. The number of hydrogen-bond donors (Lipinski definition) is 0. The second-order valence-corrected chi connectivity index (χ2v) is 11.4. The summed E-state index contributed by atoms with van der Waals surface area (Å²) >= 11 is 23.7. The fraction of sp³-hybridized carbons (Fsp3) is 1.00. The van der Waals surface area contributed by atoms with Crippen LogP contribution in [0.1, 0.15) is 34.6 Å².